The highest BCUT2D eigenvalue weighted by atomic mass is 19.1. The van der Waals surface area contributed by atoms with Crippen LogP contribution in [0.25, 0.3) is 0 Å². The molecular weight excluding hydrogens is 287 g/mol. The molecule has 2 saturated heterocycles. The van der Waals surface area contributed by atoms with E-state index in [2.05, 4.69) is 0 Å². The highest BCUT2D eigenvalue weighted by Crippen LogP contribution is 2.23. The molecule has 0 saturated carbocycles. The molecule has 2 aliphatic rings. The molecule has 6 heteroatoms. The summed E-state index contributed by atoms with van der Waals surface area (Å²) in [5, 5.41) is 9.49. The number of ether oxygens (including phenoxy) is 1. The first-order chi connectivity index (χ1) is 10.6. The number of benzene rings is 1. The summed E-state index contributed by atoms with van der Waals surface area (Å²) >= 11 is 0. The van der Waals surface area contributed by atoms with Crippen LogP contribution in [-0.2, 0) is 4.74 Å². The normalized spacial score (nSPS) is 20.3. The molecule has 0 radical (unpaired) electrons. The third-order valence-electron chi connectivity index (χ3n) is 4.30. The molecule has 2 aliphatic heterocycles. The number of aliphatic hydroxyl groups excluding tert-OH is 1. The summed E-state index contributed by atoms with van der Waals surface area (Å²) in [7, 11) is 0. The number of anilines is 1. The maximum atomic E-state index is 14.3. The van der Waals surface area contributed by atoms with Gasteiger partial charge in [-0.05, 0) is 31.0 Å². The Bertz CT molecular complexity index is 538. The van der Waals surface area contributed by atoms with Crippen molar-refractivity contribution in [3.63, 3.8) is 0 Å². The zero-order valence-corrected chi connectivity index (χ0v) is 12.5. The van der Waals surface area contributed by atoms with Crippen molar-refractivity contribution >= 4 is 11.6 Å². The lowest BCUT2D eigenvalue weighted by Gasteiger charge is -2.31. The maximum Gasteiger partial charge on any atom is 0.253 e. The van der Waals surface area contributed by atoms with Crippen molar-refractivity contribution < 1.29 is 19.0 Å². The number of carbonyl (C=O) groups is 1. The second kappa shape index (κ2) is 6.62. The van der Waals surface area contributed by atoms with Gasteiger partial charge in [0.05, 0.1) is 25.0 Å². The Balaban J connectivity index is 1.72. The van der Waals surface area contributed by atoms with E-state index in [4.69, 9.17) is 4.74 Å². The first-order valence-corrected chi connectivity index (χ1v) is 7.75. The van der Waals surface area contributed by atoms with E-state index in [0.29, 0.717) is 63.5 Å². The number of piperidine rings is 1. The zero-order chi connectivity index (χ0) is 15.5. The van der Waals surface area contributed by atoms with Crippen LogP contribution in [0.1, 0.15) is 23.2 Å². The van der Waals surface area contributed by atoms with Crippen LogP contribution in [0.5, 0.6) is 0 Å². The molecule has 5 nitrogen and oxygen atoms in total. The average molecular weight is 308 g/mol. The van der Waals surface area contributed by atoms with Crippen LogP contribution < -0.4 is 4.90 Å². The van der Waals surface area contributed by atoms with Gasteiger partial charge in [-0.1, -0.05) is 0 Å². The van der Waals surface area contributed by atoms with Gasteiger partial charge in [0.1, 0.15) is 5.82 Å². The quantitative estimate of drug-likeness (QED) is 0.894. The Kier molecular flexibility index (Phi) is 4.59. The van der Waals surface area contributed by atoms with Crippen molar-refractivity contribution in [1.82, 2.24) is 4.90 Å². The molecular formula is C16H21FN2O3. The van der Waals surface area contributed by atoms with Crippen molar-refractivity contribution in [2.75, 3.05) is 44.3 Å². The van der Waals surface area contributed by atoms with E-state index in [1.165, 1.54) is 6.07 Å². The molecule has 22 heavy (non-hydrogen) atoms. The smallest absolute Gasteiger partial charge is 0.253 e. The van der Waals surface area contributed by atoms with E-state index in [-0.39, 0.29) is 17.8 Å². The van der Waals surface area contributed by atoms with Gasteiger partial charge < -0.3 is 19.6 Å². The minimum atomic E-state index is -0.371. The van der Waals surface area contributed by atoms with E-state index in [0.717, 1.165) is 0 Å². The molecule has 0 bridgehead atoms. The predicted octanol–water partition coefficient (Wildman–Crippen LogP) is 1.26. The van der Waals surface area contributed by atoms with Gasteiger partial charge in [0.25, 0.3) is 5.91 Å². The van der Waals surface area contributed by atoms with Crippen LogP contribution in [0.2, 0.25) is 0 Å². The summed E-state index contributed by atoms with van der Waals surface area (Å²) in [6, 6.07) is 4.67. The fourth-order valence-electron chi connectivity index (χ4n) is 2.95. The monoisotopic (exact) mass is 308 g/mol. The molecule has 1 aromatic rings. The fourth-order valence-corrected chi connectivity index (χ4v) is 2.95. The molecule has 3 rings (SSSR count). The molecule has 0 atom stereocenters. The van der Waals surface area contributed by atoms with Crippen LogP contribution in [0, 0.1) is 5.82 Å². The van der Waals surface area contributed by atoms with Crippen LogP contribution in [0.3, 0.4) is 0 Å². The van der Waals surface area contributed by atoms with Crippen molar-refractivity contribution in [2.45, 2.75) is 18.9 Å². The van der Waals surface area contributed by atoms with E-state index >= 15 is 0 Å². The molecule has 2 heterocycles. The molecule has 0 spiro atoms. The summed E-state index contributed by atoms with van der Waals surface area (Å²) in [6.45, 7) is 3.55. The predicted molar refractivity (Wildman–Crippen MR) is 80.6 cm³/mol. The van der Waals surface area contributed by atoms with Crippen molar-refractivity contribution in [3.05, 3.63) is 29.6 Å². The maximum absolute atomic E-state index is 14.3. The van der Waals surface area contributed by atoms with Gasteiger partial charge in [0.2, 0.25) is 0 Å². The number of likely N-dealkylation sites (tertiary alicyclic amines) is 1. The molecule has 0 aliphatic carbocycles. The standard InChI is InChI=1S/C16H21FN2O3/c17-14-11-12(16(21)19-5-3-13(20)4-6-19)1-2-15(14)18-7-9-22-10-8-18/h1-2,11,13,20H,3-10H2. The lowest BCUT2D eigenvalue weighted by molar-refractivity contribution is 0.0546. The van der Waals surface area contributed by atoms with Gasteiger partial charge >= 0.3 is 0 Å². The molecule has 2 fully saturated rings. The molecule has 1 N–H and O–H groups in total. The minimum Gasteiger partial charge on any atom is -0.393 e. The molecule has 0 aromatic heterocycles. The highest BCUT2D eigenvalue weighted by molar-refractivity contribution is 5.94. The van der Waals surface area contributed by atoms with E-state index in [9.17, 15) is 14.3 Å². The minimum absolute atomic E-state index is 0.167. The Hall–Kier alpha value is -1.66. The van der Waals surface area contributed by atoms with Crippen molar-refractivity contribution in [3.8, 4) is 0 Å². The Morgan fingerprint density at radius 1 is 1.18 bits per heavy atom. The number of morpholine rings is 1. The summed E-state index contributed by atoms with van der Waals surface area (Å²) < 4.78 is 19.6. The van der Waals surface area contributed by atoms with E-state index in [1.807, 2.05) is 4.90 Å². The Labute approximate surface area is 129 Å². The van der Waals surface area contributed by atoms with Gasteiger partial charge in [-0.2, -0.15) is 0 Å². The number of carbonyl (C=O) groups excluding carboxylic acids is 1. The van der Waals surface area contributed by atoms with E-state index in [1.54, 1.807) is 17.0 Å². The number of halogens is 1. The average Bonchev–Trinajstić information content (AvgIpc) is 2.55. The van der Waals surface area contributed by atoms with Crippen LogP contribution in [-0.4, -0.2) is 61.4 Å². The number of amides is 1. The SMILES string of the molecule is O=C(c1ccc(N2CCOCC2)c(F)c1)N1CCC(O)CC1. The fraction of sp³-hybridized carbons (Fsp3) is 0.562. The summed E-state index contributed by atoms with van der Waals surface area (Å²) in [5.41, 5.74) is 0.889. The summed E-state index contributed by atoms with van der Waals surface area (Å²) in [6.07, 6.45) is 0.838. The lowest BCUT2D eigenvalue weighted by Crippen LogP contribution is -2.40. The van der Waals surface area contributed by atoms with E-state index < -0.39 is 0 Å². The molecule has 120 valence electrons. The summed E-state index contributed by atoms with van der Waals surface area (Å²) in [5.74, 6) is -0.538. The number of rotatable bonds is 2. The third kappa shape index (κ3) is 3.23. The third-order valence-corrected chi connectivity index (χ3v) is 4.30. The van der Waals surface area contributed by atoms with Gasteiger partial charge in [-0.25, -0.2) is 4.39 Å². The van der Waals surface area contributed by atoms with Crippen LogP contribution >= 0.6 is 0 Å². The Morgan fingerprint density at radius 2 is 1.86 bits per heavy atom. The second-order valence-corrected chi connectivity index (χ2v) is 5.79. The van der Waals surface area contributed by atoms with Crippen molar-refractivity contribution in [1.29, 1.82) is 0 Å². The van der Waals surface area contributed by atoms with Crippen molar-refractivity contribution in [2.24, 2.45) is 0 Å². The van der Waals surface area contributed by atoms with Crippen LogP contribution in [0.4, 0.5) is 10.1 Å². The number of nitrogens with zero attached hydrogens (tertiary/aromatic N) is 2. The number of aliphatic hydroxyl groups is 1. The first kappa shape index (κ1) is 15.2. The topological polar surface area (TPSA) is 53.0 Å². The number of hydrogen-bond acceptors (Lipinski definition) is 4. The number of hydrogen-bond donors (Lipinski definition) is 1. The van der Waals surface area contributed by atoms with Crippen LogP contribution in [0.15, 0.2) is 18.2 Å². The van der Waals surface area contributed by atoms with Gasteiger partial charge in [0, 0.05) is 31.7 Å². The molecule has 0 unspecified atom stereocenters. The van der Waals surface area contributed by atoms with Gasteiger partial charge in [0.15, 0.2) is 0 Å². The largest absolute Gasteiger partial charge is 0.393 e. The Morgan fingerprint density at radius 3 is 2.50 bits per heavy atom. The zero-order valence-electron chi connectivity index (χ0n) is 12.5. The molecule has 1 aromatic carbocycles. The summed E-state index contributed by atoms with van der Waals surface area (Å²) in [4.78, 5) is 16.0. The highest BCUT2D eigenvalue weighted by Gasteiger charge is 2.23. The van der Waals surface area contributed by atoms with Gasteiger partial charge in [-0.3, -0.25) is 4.79 Å². The molecule has 1 amide bonds. The first-order valence-electron chi connectivity index (χ1n) is 7.75. The second-order valence-electron chi connectivity index (χ2n) is 5.79. The lowest BCUT2D eigenvalue weighted by atomic mass is 10.1. The van der Waals surface area contributed by atoms with Gasteiger partial charge in [-0.15, -0.1) is 0 Å².